The maximum atomic E-state index is 11.2. The van der Waals surface area contributed by atoms with E-state index in [0.29, 0.717) is 24.7 Å². The first-order valence-electron chi connectivity index (χ1n) is 6.56. The molecule has 20 heavy (non-hydrogen) atoms. The number of carbonyl (C=O) groups excluding carboxylic acids is 1. The lowest BCUT2D eigenvalue weighted by atomic mass is 9.97. The maximum Gasteiger partial charge on any atom is 0.293 e. The molecule has 0 aromatic heterocycles. The molecule has 0 aliphatic carbocycles. The van der Waals surface area contributed by atoms with Crippen molar-refractivity contribution in [1.82, 2.24) is 0 Å². The number of anilines is 1. The number of nitrogens with two attached hydrogens (primary N) is 2. The number of benzene rings is 1. The number of piperidine rings is 1. The SMILES string of the molecule is NCC1CCCN(c2ccc(C(N)=O)cc2[N+](=O)[O-])C1. The van der Waals surface area contributed by atoms with Gasteiger partial charge in [-0.15, -0.1) is 0 Å². The smallest absolute Gasteiger partial charge is 0.293 e. The van der Waals surface area contributed by atoms with Crippen molar-refractivity contribution in [2.45, 2.75) is 12.8 Å². The summed E-state index contributed by atoms with van der Waals surface area (Å²) in [4.78, 5) is 23.8. The molecule has 0 spiro atoms. The van der Waals surface area contributed by atoms with Crippen LogP contribution in [0.3, 0.4) is 0 Å². The standard InChI is InChI=1S/C13H18N4O3/c14-7-9-2-1-5-16(8-9)11-4-3-10(13(15)18)6-12(11)17(19)20/h3-4,6,9H,1-2,5,7-8,14H2,(H2,15,18). The quantitative estimate of drug-likeness (QED) is 0.626. The minimum absolute atomic E-state index is 0.0843. The number of hydrogen-bond donors (Lipinski definition) is 2. The summed E-state index contributed by atoms with van der Waals surface area (Å²) in [6, 6.07) is 4.36. The van der Waals surface area contributed by atoms with Crippen LogP contribution in [0.25, 0.3) is 0 Å². The van der Waals surface area contributed by atoms with Crippen LogP contribution in [0.2, 0.25) is 0 Å². The number of rotatable bonds is 4. The second kappa shape index (κ2) is 5.87. The minimum Gasteiger partial charge on any atom is -0.366 e. The van der Waals surface area contributed by atoms with Crippen molar-refractivity contribution >= 4 is 17.3 Å². The topological polar surface area (TPSA) is 115 Å². The van der Waals surface area contributed by atoms with Crippen LogP contribution in [-0.2, 0) is 0 Å². The molecule has 108 valence electrons. The monoisotopic (exact) mass is 278 g/mol. The van der Waals surface area contributed by atoms with Crippen LogP contribution in [0.4, 0.5) is 11.4 Å². The predicted molar refractivity (Wildman–Crippen MR) is 75.6 cm³/mol. The van der Waals surface area contributed by atoms with Crippen LogP contribution >= 0.6 is 0 Å². The van der Waals surface area contributed by atoms with Gasteiger partial charge in [-0.25, -0.2) is 0 Å². The molecular weight excluding hydrogens is 260 g/mol. The van der Waals surface area contributed by atoms with Gasteiger partial charge >= 0.3 is 0 Å². The number of nitro benzene ring substituents is 1. The van der Waals surface area contributed by atoms with Gasteiger partial charge in [-0.1, -0.05) is 0 Å². The Bertz CT molecular complexity index is 532. The van der Waals surface area contributed by atoms with E-state index >= 15 is 0 Å². The van der Waals surface area contributed by atoms with Crippen molar-refractivity contribution in [3.63, 3.8) is 0 Å². The molecule has 7 heteroatoms. The zero-order chi connectivity index (χ0) is 14.7. The second-order valence-corrected chi connectivity index (χ2v) is 5.01. The first-order chi connectivity index (χ1) is 9.52. The Morgan fingerprint density at radius 3 is 2.85 bits per heavy atom. The third-order valence-corrected chi connectivity index (χ3v) is 3.65. The van der Waals surface area contributed by atoms with Gasteiger partial charge in [-0.2, -0.15) is 0 Å². The molecule has 0 saturated carbocycles. The average molecular weight is 278 g/mol. The second-order valence-electron chi connectivity index (χ2n) is 5.01. The van der Waals surface area contributed by atoms with Crippen molar-refractivity contribution in [3.8, 4) is 0 Å². The Balaban J connectivity index is 2.35. The highest BCUT2D eigenvalue weighted by Crippen LogP contribution is 2.32. The summed E-state index contributed by atoms with van der Waals surface area (Å²) in [6.07, 6.45) is 2.00. The van der Waals surface area contributed by atoms with Gasteiger partial charge in [-0.3, -0.25) is 14.9 Å². The molecule has 1 saturated heterocycles. The molecule has 1 aromatic rings. The summed E-state index contributed by atoms with van der Waals surface area (Å²) in [5, 5.41) is 11.2. The highest BCUT2D eigenvalue weighted by atomic mass is 16.6. The van der Waals surface area contributed by atoms with Gasteiger partial charge < -0.3 is 16.4 Å². The molecule has 1 aliphatic rings. The Labute approximate surface area is 116 Å². The zero-order valence-corrected chi connectivity index (χ0v) is 11.1. The van der Waals surface area contributed by atoms with E-state index in [2.05, 4.69) is 0 Å². The fraction of sp³-hybridized carbons (Fsp3) is 0.462. The van der Waals surface area contributed by atoms with Crippen molar-refractivity contribution in [2.24, 2.45) is 17.4 Å². The van der Waals surface area contributed by atoms with Gasteiger partial charge in [-0.05, 0) is 37.4 Å². The molecule has 1 aliphatic heterocycles. The summed E-state index contributed by atoms with van der Waals surface area (Å²) >= 11 is 0. The van der Waals surface area contributed by atoms with Crippen LogP contribution in [0.5, 0.6) is 0 Å². The van der Waals surface area contributed by atoms with E-state index in [1.807, 2.05) is 4.90 Å². The Kier molecular flexibility index (Phi) is 4.19. The van der Waals surface area contributed by atoms with E-state index in [9.17, 15) is 14.9 Å². The summed E-state index contributed by atoms with van der Waals surface area (Å²) in [5.41, 5.74) is 11.4. The number of nitro groups is 1. The van der Waals surface area contributed by atoms with E-state index in [0.717, 1.165) is 19.4 Å². The zero-order valence-electron chi connectivity index (χ0n) is 11.1. The highest BCUT2D eigenvalue weighted by molar-refractivity contribution is 5.94. The summed E-state index contributed by atoms with van der Waals surface area (Å²) in [5.74, 6) is -0.322. The minimum atomic E-state index is -0.668. The number of carbonyl (C=O) groups is 1. The van der Waals surface area contributed by atoms with E-state index in [1.54, 1.807) is 6.07 Å². The molecule has 0 bridgehead atoms. The predicted octanol–water partition coefficient (Wildman–Crippen LogP) is 0.869. The molecule has 1 heterocycles. The molecule has 7 nitrogen and oxygen atoms in total. The first kappa shape index (κ1) is 14.3. The average Bonchev–Trinajstić information content (AvgIpc) is 2.46. The fourth-order valence-electron chi connectivity index (χ4n) is 2.57. The number of nitrogens with zero attached hydrogens (tertiary/aromatic N) is 2. The van der Waals surface area contributed by atoms with Crippen LogP contribution in [0.15, 0.2) is 18.2 Å². The summed E-state index contributed by atoms with van der Waals surface area (Å²) < 4.78 is 0. The lowest BCUT2D eigenvalue weighted by molar-refractivity contribution is -0.384. The van der Waals surface area contributed by atoms with Crippen molar-refractivity contribution in [2.75, 3.05) is 24.5 Å². The Morgan fingerprint density at radius 2 is 2.25 bits per heavy atom. The normalized spacial score (nSPS) is 18.9. The van der Waals surface area contributed by atoms with Crippen molar-refractivity contribution < 1.29 is 9.72 Å². The van der Waals surface area contributed by atoms with Crippen LogP contribution < -0.4 is 16.4 Å². The number of amides is 1. The summed E-state index contributed by atoms with van der Waals surface area (Å²) in [7, 11) is 0. The number of hydrogen-bond acceptors (Lipinski definition) is 5. The van der Waals surface area contributed by atoms with Gasteiger partial charge in [0.1, 0.15) is 5.69 Å². The largest absolute Gasteiger partial charge is 0.366 e. The van der Waals surface area contributed by atoms with Gasteiger partial charge in [0.2, 0.25) is 5.91 Å². The van der Waals surface area contributed by atoms with Crippen molar-refractivity contribution in [1.29, 1.82) is 0 Å². The van der Waals surface area contributed by atoms with E-state index in [4.69, 9.17) is 11.5 Å². The van der Waals surface area contributed by atoms with E-state index < -0.39 is 10.8 Å². The maximum absolute atomic E-state index is 11.2. The van der Waals surface area contributed by atoms with Gasteiger partial charge in [0, 0.05) is 24.7 Å². The van der Waals surface area contributed by atoms with Gasteiger partial charge in [0.05, 0.1) is 4.92 Å². The molecule has 1 atom stereocenters. The van der Waals surface area contributed by atoms with Crippen LogP contribution in [0.1, 0.15) is 23.2 Å². The third kappa shape index (κ3) is 2.88. The third-order valence-electron chi connectivity index (χ3n) is 3.65. The molecule has 2 rings (SSSR count). The lowest BCUT2D eigenvalue weighted by Gasteiger charge is -2.33. The molecule has 4 N–H and O–H groups in total. The Hall–Kier alpha value is -2.15. The van der Waals surface area contributed by atoms with Gasteiger partial charge in [0.15, 0.2) is 0 Å². The van der Waals surface area contributed by atoms with E-state index in [1.165, 1.54) is 12.1 Å². The fourth-order valence-corrected chi connectivity index (χ4v) is 2.57. The summed E-state index contributed by atoms with van der Waals surface area (Å²) in [6.45, 7) is 2.03. The first-order valence-corrected chi connectivity index (χ1v) is 6.56. The van der Waals surface area contributed by atoms with Crippen LogP contribution in [-0.4, -0.2) is 30.5 Å². The molecular formula is C13H18N4O3. The molecule has 1 aromatic carbocycles. The molecule has 1 amide bonds. The van der Waals surface area contributed by atoms with Crippen LogP contribution in [0, 0.1) is 16.0 Å². The van der Waals surface area contributed by atoms with Crippen molar-refractivity contribution in [3.05, 3.63) is 33.9 Å². The molecule has 0 radical (unpaired) electrons. The molecule has 1 unspecified atom stereocenters. The highest BCUT2D eigenvalue weighted by Gasteiger charge is 2.25. The number of primary amides is 1. The lowest BCUT2D eigenvalue weighted by Crippen LogP contribution is -2.38. The van der Waals surface area contributed by atoms with E-state index in [-0.39, 0.29) is 11.3 Å². The Morgan fingerprint density at radius 1 is 1.50 bits per heavy atom. The molecule has 1 fully saturated rings. The van der Waals surface area contributed by atoms with Gasteiger partial charge in [0.25, 0.3) is 5.69 Å².